The molecule has 0 amide bonds. The first-order valence-electron chi connectivity index (χ1n) is 28.3. The molecule has 4 aromatic heterocycles. The van der Waals surface area contributed by atoms with Crippen LogP contribution in [0.15, 0.2) is 279 Å². The minimum Gasteiger partial charge on any atom is -0.309 e. The summed E-state index contributed by atoms with van der Waals surface area (Å²) in [6, 6.07) is 99.9. The Hall–Kier alpha value is -12.0. The van der Waals surface area contributed by atoms with Crippen LogP contribution in [-0.4, -0.2) is 28.7 Å². The number of fused-ring (bicyclic) bond motifs is 9. The van der Waals surface area contributed by atoms with Crippen molar-refractivity contribution in [3.05, 3.63) is 296 Å². The summed E-state index contributed by atoms with van der Waals surface area (Å²) in [7, 11) is 0. The van der Waals surface area contributed by atoms with Gasteiger partial charge in [-0.15, -0.1) is 0 Å². The van der Waals surface area contributed by atoms with Gasteiger partial charge < -0.3 is 13.7 Å². The van der Waals surface area contributed by atoms with Crippen LogP contribution in [-0.2, 0) is 0 Å². The van der Waals surface area contributed by atoms with E-state index in [1.165, 1.54) is 21.5 Å². The van der Waals surface area contributed by atoms with Gasteiger partial charge in [-0.05, 0) is 107 Å². The Labute approximate surface area is 489 Å². The van der Waals surface area contributed by atoms with E-state index in [1.54, 1.807) is 12.1 Å². The quantitative estimate of drug-likeness (QED) is 0.135. The zero-order valence-electron chi connectivity index (χ0n) is 45.6. The summed E-state index contributed by atoms with van der Waals surface area (Å²) in [5, 5.41) is 17.3. The maximum atomic E-state index is 10.4. The maximum Gasteiger partial charge on any atom is 0.188 e. The van der Waals surface area contributed by atoms with Crippen molar-refractivity contribution in [1.82, 2.24) is 28.7 Å². The third-order valence-corrected chi connectivity index (χ3v) is 16.6. The summed E-state index contributed by atoms with van der Waals surface area (Å²) in [5.41, 5.74) is 18.6. The molecule has 0 bridgehead atoms. The fraction of sp³-hybridized carbons (Fsp3) is 0. The average Bonchev–Trinajstić information content (AvgIpc) is 2.09. The van der Waals surface area contributed by atoms with Gasteiger partial charge in [0.25, 0.3) is 0 Å². The molecule has 85 heavy (non-hydrogen) atoms. The fourth-order valence-corrected chi connectivity index (χ4v) is 12.7. The molecule has 0 spiro atoms. The van der Waals surface area contributed by atoms with Crippen LogP contribution >= 0.6 is 0 Å². The van der Waals surface area contributed by atoms with Crippen molar-refractivity contribution in [2.24, 2.45) is 0 Å². The van der Waals surface area contributed by atoms with Gasteiger partial charge in [0.1, 0.15) is 0 Å². The number of para-hydroxylation sites is 5. The van der Waals surface area contributed by atoms with E-state index in [1.807, 2.05) is 66.7 Å². The lowest BCUT2D eigenvalue weighted by atomic mass is 9.92. The fourth-order valence-electron chi connectivity index (χ4n) is 12.7. The third kappa shape index (κ3) is 8.08. The predicted octanol–water partition coefficient (Wildman–Crippen LogP) is 19.6. The summed E-state index contributed by atoms with van der Waals surface area (Å²) in [6.07, 6.45) is 0. The molecule has 0 saturated carbocycles. The van der Waals surface area contributed by atoms with Crippen LogP contribution in [0.2, 0.25) is 0 Å². The molecule has 0 aliphatic carbocycles. The molecule has 0 atom stereocenters. The number of nitriles is 1. The Morgan fingerprint density at radius 2 is 0.682 bits per heavy atom. The summed E-state index contributed by atoms with van der Waals surface area (Å²) in [6.45, 7) is 7.69. The smallest absolute Gasteiger partial charge is 0.188 e. The normalized spacial score (nSPS) is 11.5. The molecule has 0 aliphatic rings. The lowest BCUT2D eigenvalue weighted by Gasteiger charge is -2.22. The zero-order chi connectivity index (χ0) is 56.5. The van der Waals surface area contributed by atoms with Gasteiger partial charge in [0.2, 0.25) is 0 Å². The lowest BCUT2D eigenvalue weighted by molar-refractivity contribution is 1.07. The minimum absolute atomic E-state index is 0.428. The SMILES string of the molecule is [C-]#[N+]c1ccc(-c2ccc3c(c2)c2ccccc2n3-c2c(-c3ccc(-n4c5ccccc5c5ccccc54)cc3)cc(-c3nc(-c4ccccc4)nc(-c4ccccc4)n3)cc2-c2ccc(-n3c4ccccc4c4ccccc43)cc2)c(C#N)c1. The van der Waals surface area contributed by atoms with Gasteiger partial charge >= 0.3 is 0 Å². The van der Waals surface area contributed by atoms with Crippen LogP contribution in [0.4, 0.5) is 5.69 Å². The van der Waals surface area contributed by atoms with Crippen molar-refractivity contribution >= 4 is 71.1 Å². The van der Waals surface area contributed by atoms with E-state index in [9.17, 15) is 5.26 Å². The third-order valence-electron chi connectivity index (χ3n) is 16.6. The number of benzene rings is 12. The van der Waals surface area contributed by atoms with Gasteiger partial charge in [0.15, 0.2) is 23.2 Å². The van der Waals surface area contributed by atoms with Crippen LogP contribution in [0.3, 0.4) is 0 Å². The second kappa shape index (κ2) is 19.9. The minimum atomic E-state index is 0.428. The molecule has 0 saturated heterocycles. The van der Waals surface area contributed by atoms with Crippen LogP contribution in [0.5, 0.6) is 0 Å². The molecule has 8 nitrogen and oxygen atoms in total. The van der Waals surface area contributed by atoms with Gasteiger partial charge in [0.05, 0.1) is 51.4 Å². The number of rotatable bonds is 9. The first-order valence-corrected chi connectivity index (χ1v) is 28.3. The van der Waals surface area contributed by atoms with Gasteiger partial charge in [0, 0.05) is 77.1 Å². The molecule has 0 aliphatic heterocycles. The van der Waals surface area contributed by atoms with Crippen LogP contribution in [0.25, 0.3) is 155 Å². The predicted molar refractivity (Wildman–Crippen MR) is 346 cm³/mol. The topological polar surface area (TPSA) is 81.6 Å². The van der Waals surface area contributed by atoms with Crippen LogP contribution in [0.1, 0.15) is 5.56 Å². The molecule has 394 valence electrons. The highest BCUT2D eigenvalue weighted by Crippen LogP contribution is 2.46. The van der Waals surface area contributed by atoms with Crippen LogP contribution in [0, 0.1) is 17.9 Å². The summed E-state index contributed by atoms with van der Waals surface area (Å²) in [5.74, 6) is 1.68. The Morgan fingerprint density at radius 1 is 0.306 bits per heavy atom. The van der Waals surface area contributed by atoms with E-state index in [4.69, 9.17) is 21.5 Å². The molecule has 16 aromatic rings. The van der Waals surface area contributed by atoms with Gasteiger partial charge in [-0.2, -0.15) is 5.26 Å². The first-order chi connectivity index (χ1) is 42.1. The number of hydrogen-bond donors (Lipinski definition) is 0. The second-order valence-electron chi connectivity index (χ2n) is 21.3. The van der Waals surface area contributed by atoms with Crippen molar-refractivity contribution < 1.29 is 0 Å². The Balaban J connectivity index is 0.994. The Morgan fingerprint density at radius 3 is 1.12 bits per heavy atom. The zero-order valence-corrected chi connectivity index (χ0v) is 45.6. The molecule has 0 unspecified atom stereocenters. The van der Waals surface area contributed by atoms with Crippen molar-refractivity contribution in [2.75, 3.05) is 0 Å². The number of nitrogens with zero attached hydrogens (tertiary/aromatic N) is 8. The van der Waals surface area contributed by atoms with E-state index < -0.39 is 0 Å². The average molecular weight is 1080 g/mol. The molecule has 0 fully saturated rings. The van der Waals surface area contributed by atoms with E-state index in [2.05, 4.69) is 225 Å². The highest BCUT2D eigenvalue weighted by Gasteiger charge is 2.25. The van der Waals surface area contributed by atoms with Crippen molar-refractivity contribution in [1.29, 1.82) is 5.26 Å². The highest BCUT2D eigenvalue weighted by molar-refractivity contribution is 6.13. The van der Waals surface area contributed by atoms with Gasteiger partial charge in [-0.25, -0.2) is 19.8 Å². The first kappa shape index (κ1) is 48.9. The molecular weight excluding hydrogens is 1040 g/mol. The van der Waals surface area contributed by atoms with Crippen molar-refractivity contribution in [2.45, 2.75) is 0 Å². The number of aromatic nitrogens is 6. The second-order valence-corrected chi connectivity index (χ2v) is 21.3. The largest absolute Gasteiger partial charge is 0.309 e. The molecular formula is C77H46N8. The molecule has 0 N–H and O–H groups in total. The monoisotopic (exact) mass is 1080 g/mol. The lowest BCUT2D eigenvalue weighted by Crippen LogP contribution is -2.04. The summed E-state index contributed by atoms with van der Waals surface area (Å²) in [4.78, 5) is 19.5. The van der Waals surface area contributed by atoms with E-state index >= 15 is 0 Å². The standard InChI is InChI=1S/C77H46N8/c1-79-56-37-42-59(55(44-56)48-78)53-36-43-73-67(45-53)64-26-12-17-31-72(64)85(73)74-65(49-32-38-57(39-33-49)83-68-27-13-8-22-60(68)61-23-9-14-28-69(61)83)46-54(77-81-75(51-18-4-2-5-19-51)80-76(82-77)52-20-6-3-7-21-52)47-66(74)50-34-40-58(41-35-50)84-70-29-15-10-24-62(70)63-25-11-16-30-71(63)84/h2-47H. The van der Waals surface area contributed by atoms with E-state index in [0.29, 0.717) is 28.7 Å². The van der Waals surface area contributed by atoms with Crippen molar-refractivity contribution in [3.63, 3.8) is 0 Å². The Bertz CT molecular complexity index is 5080. The summed E-state index contributed by atoms with van der Waals surface area (Å²) >= 11 is 0. The van der Waals surface area contributed by atoms with Gasteiger partial charge in [-0.1, -0.05) is 194 Å². The van der Waals surface area contributed by atoms with Crippen LogP contribution < -0.4 is 0 Å². The molecule has 4 heterocycles. The maximum absolute atomic E-state index is 10.4. The number of hydrogen-bond acceptors (Lipinski definition) is 4. The molecule has 16 rings (SSSR count). The Kier molecular flexibility index (Phi) is 11.5. The van der Waals surface area contributed by atoms with Crippen molar-refractivity contribution in [3.8, 4) is 90.7 Å². The highest BCUT2D eigenvalue weighted by atomic mass is 15.0. The molecule has 12 aromatic carbocycles. The van der Waals surface area contributed by atoms with E-state index in [0.717, 1.165) is 111 Å². The van der Waals surface area contributed by atoms with Gasteiger partial charge in [-0.3, -0.25) is 0 Å². The molecule has 0 radical (unpaired) electrons. The van der Waals surface area contributed by atoms with E-state index in [-0.39, 0.29) is 0 Å². The molecule has 8 heteroatoms. The summed E-state index contributed by atoms with van der Waals surface area (Å²) < 4.78 is 7.12.